The Hall–Kier alpha value is 0.339. The van der Waals surface area contributed by atoms with Gasteiger partial charge in [-0.3, -0.25) is 25.3 Å². The van der Waals surface area contributed by atoms with Crippen LogP contribution in [0.3, 0.4) is 0 Å². The zero-order valence-electron chi connectivity index (χ0n) is 8.33. The van der Waals surface area contributed by atoms with E-state index >= 15 is 0 Å². The molecule has 0 atom stereocenters. The molecule has 0 saturated heterocycles. The molecule has 20 heteroatoms. The van der Waals surface area contributed by atoms with Gasteiger partial charge in [0.2, 0.25) is 0 Å². The molecule has 15 nitrogen and oxygen atoms in total. The van der Waals surface area contributed by atoms with Crippen LogP contribution in [0, 0.1) is 0 Å². The molecule has 0 aromatic heterocycles. The van der Waals surface area contributed by atoms with Crippen LogP contribution in [-0.4, -0.2) is 58.0 Å². The number of hydrogen-bond donors (Lipinski definition) is 0. The van der Waals surface area contributed by atoms with Crippen molar-refractivity contribution in [2.75, 3.05) is 0 Å². The summed E-state index contributed by atoms with van der Waals surface area (Å²) in [5, 5.41) is 0. The van der Waals surface area contributed by atoms with Crippen molar-refractivity contribution in [1.29, 1.82) is 0 Å². The van der Waals surface area contributed by atoms with Gasteiger partial charge in [0.15, 0.2) is 0 Å². The van der Waals surface area contributed by atoms with E-state index in [9.17, 15) is 0 Å². The van der Waals surface area contributed by atoms with Crippen molar-refractivity contribution in [2.24, 2.45) is 0 Å². The molecule has 0 saturated carbocycles. The van der Waals surface area contributed by atoms with Crippen molar-refractivity contribution in [3.63, 3.8) is 0 Å². The minimum absolute atomic E-state index is 0. The van der Waals surface area contributed by atoms with E-state index in [0.29, 0.717) is 0 Å². The molecule has 0 fully saturated rings. The molecular weight excluding hydrogens is 438 g/mol. The van der Waals surface area contributed by atoms with Gasteiger partial charge in [0.25, 0.3) is 0 Å². The molecule has 0 aliphatic carbocycles. The van der Waals surface area contributed by atoms with Crippen LogP contribution in [-0.2, 0) is 73.3 Å². The molecule has 0 spiro atoms. The molecule has 0 unspecified atom stereocenters. The first-order chi connectivity index (χ1) is 8.00. The Morgan fingerprint density at radius 3 is 0.450 bits per heavy atom. The Morgan fingerprint density at radius 1 is 0.450 bits per heavy atom. The van der Waals surface area contributed by atoms with Crippen LogP contribution in [0.2, 0.25) is 0 Å². The summed E-state index contributed by atoms with van der Waals surface area (Å²) in [5.74, 6) is 0. The Balaban J connectivity index is -0.0000000319. The molecule has 0 aromatic carbocycles. The Kier molecular flexibility index (Phi) is 35.8. The third kappa shape index (κ3) is 48000. The molecule has 2 N–H and O–H groups in total. The van der Waals surface area contributed by atoms with Gasteiger partial charge < -0.3 is 32.8 Å². The second-order valence-corrected chi connectivity index (χ2v) is 3.67. The topological polar surface area (TPSA) is 306 Å². The summed E-state index contributed by atoms with van der Waals surface area (Å²) in [7, 11) is -15.5. The maximum absolute atomic E-state index is 8.52. The van der Waals surface area contributed by atoms with Gasteiger partial charge in [0.1, 0.15) is 0 Å². The van der Waals surface area contributed by atoms with Gasteiger partial charge in [-0.2, -0.15) is 0 Å². The van der Waals surface area contributed by atoms with Crippen molar-refractivity contribution >= 4 is 31.2 Å². The van der Waals surface area contributed by atoms with E-state index < -0.39 is 31.2 Å². The number of rotatable bonds is 0. The molecule has 0 radical (unpaired) electrons. The Labute approximate surface area is 131 Å². The van der Waals surface area contributed by atoms with Crippen molar-refractivity contribution in [3.8, 4) is 0 Å². The summed E-state index contributed by atoms with van der Waals surface area (Å²) in [6.45, 7) is 0. The van der Waals surface area contributed by atoms with E-state index in [1.54, 1.807) is 0 Å². The van der Waals surface area contributed by atoms with Crippen LogP contribution < -0.4 is 0 Å². The van der Waals surface area contributed by atoms with E-state index in [-0.39, 0.29) is 5.48 Å². The molecule has 0 rings (SSSR count). The maximum atomic E-state index is 8.52. The van der Waals surface area contributed by atoms with Crippen molar-refractivity contribution in [1.82, 2.24) is 0 Å². The van der Waals surface area contributed by atoms with Crippen LogP contribution in [0.4, 0.5) is 0 Å². The molecule has 0 bridgehead atoms. The first-order valence-corrected chi connectivity index (χ1v) is 7.51. The molecule has 0 amide bonds. The summed E-state index contributed by atoms with van der Waals surface area (Å²) in [4.78, 5) is 0. The molecule has 120 valence electrons. The first kappa shape index (κ1) is 37.0. The minimum atomic E-state index is -5.17. The van der Waals surface area contributed by atoms with E-state index in [4.69, 9.17) is 59.9 Å². The van der Waals surface area contributed by atoms with Crippen molar-refractivity contribution in [2.45, 2.75) is 0 Å². The second kappa shape index (κ2) is 19.3. The molecule has 0 aromatic rings. The summed E-state index contributed by atoms with van der Waals surface area (Å²) >= 11 is 2.12. The van der Waals surface area contributed by atoms with Crippen LogP contribution in [0.1, 0.15) is 0 Å². The van der Waals surface area contributed by atoms with Crippen LogP contribution >= 0.6 is 0 Å². The van der Waals surface area contributed by atoms with Crippen molar-refractivity contribution < 1.29 is 100 Å². The van der Waals surface area contributed by atoms with Crippen molar-refractivity contribution in [3.05, 3.63) is 0 Å². The molecule has 20 heavy (non-hydrogen) atoms. The SMILES string of the molecule is O.O=S(=O)([O-])[O-].O=S(=O)([O-])[O-].O=S(=O)([O-])[O-].[O]=[V+3].[O]=[V+3]. The molecule has 0 aliphatic heterocycles. The summed E-state index contributed by atoms with van der Waals surface area (Å²) in [6, 6.07) is 0. The normalized spacial score (nSPS) is 9.30. The van der Waals surface area contributed by atoms with E-state index in [0.717, 1.165) is 34.7 Å². The fraction of sp³-hybridized carbons (Fsp3) is 0. The average Bonchev–Trinajstić information content (AvgIpc) is 2.01. The molecule has 0 aliphatic rings. The van der Waals surface area contributed by atoms with Gasteiger partial charge in [-0.05, 0) is 0 Å². The predicted molar refractivity (Wildman–Crippen MR) is 36.4 cm³/mol. The van der Waals surface area contributed by atoms with Gasteiger partial charge in [-0.15, -0.1) is 0 Å². The van der Waals surface area contributed by atoms with Gasteiger partial charge in [-0.25, -0.2) is 0 Å². The fourth-order valence-corrected chi connectivity index (χ4v) is 0. The monoisotopic (exact) mass is 440 g/mol. The Bertz CT molecular complexity index is 368. The summed E-state index contributed by atoms with van der Waals surface area (Å²) < 4.78 is 119. The zero-order valence-corrected chi connectivity index (χ0v) is 13.6. The van der Waals surface area contributed by atoms with E-state index in [2.05, 4.69) is 0 Å². The van der Waals surface area contributed by atoms with Gasteiger partial charge in [0.05, 0.1) is 0 Å². The average molecular weight is 440 g/mol. The van der Waals surface area contributed by atoms with Gasteiger partial charge >= 0.3 is 42.1 Å². The summed E-state index contributed by atoms with van der Waals surface area (Å²) in [5.41, 5.74) is 0. The van der Waals surface area contributed by atoms with Crippen LogP contribution in [0.5, 0.6) is 0 Å². The second-order valence-electron chi connectivity index (χ2n) is 1.22. The van der Waals surface area contributed by atoms with Crippen LogP contribution in [0.15, 0.2) is 0 Å². The third-order valence-corrected chi connectivity index (χ3v) is 0. The first-order valence-electron chi connectivity index (χ1n) is 2.37. The Morgan fingerprint density at radius 2 is 0.450 bits per heavy atom. The van der Waals surface area contributed by atoms with E-state index in [1.807, 2.05) is 0 Å². The zero-order chi connectivity index (χ0) is 17.5. The predicted octanol–water partition coefficient (Wildman–Crippen LogP) is -5.08. The molecular formula is H2O15S3V2. The quantitative estimate of drug-likeness (QED) is 0.251. The third-order valence-electron chi connectivity index (χ3n) is 0. The fourth-order valence-electron chi connectivity index (χ4n) is 0. The standard InChI is InChI=1S/3H2O4S.H2O.2O.2V/c3*1-5(2,3)4;;;;;/h3*(H2,1,2,3,4);1H2;;;;/q;;;;;;2*+3/p-6. The van der Waals surface area contributed by atoms with Crippen LogP contribution in [0.25, 0.3) is 0 Å². The summed E-state index contributed by atoms with van der Waals surface area (Å²) in [6.07, 6.45) is 0. The van der Waals surface area contributed by atoms with Gasteiger partial charge in [-0.1, -0.05) is 0 Å². The van der Waals surface area contributed by atoms with Gasteiger partial charge in [0, 0.05) is 31.2 Å². The number of hydrogen-bond acceptors (Lipinski definition) is 14. The van der Waals surface area contributed by atoms with E-state index in [1.165, 1.54) is 0 Å². The molecule has 0 heterocycles.